The Morgan fingerprint density at radius 1 is 1.06 bits per heavy atom. The molecule has 1 aliphatic heterocycles. The maximum Gasteiger partial charge on any atom is 0.223 e. The Balaban J connectivity index is 1.77. The number of amides is 1. The van der Waals surface area contributed by atoms with Gasteiger partial charge in [-0.15, -0.1) is 0 Å². The number of hydrogen-bond acceptors (Lipinski definition) is 2. The molecule has 1 amide bonds. The lowest BCUT2D eigenvalue weighted by Crippen LogP contribution is -2.51. The average molecular weight is 252 g/mol. The quantitative estimate of drug-likeness (QED) is 0.754. The van der Waals surface area contributed by atoms with Crippen molar-refractivity contribution < 1.29 is 4.79 Å². The second-order valence-corrected chi connectivity index (χ2v) is 6.26. The molecule has 0 aromatic heterocycles. The largest absolute Gasteiger partial charge is 0.353 e. The van der Waals surface area contributed by atoms with Crippen LogP contribution >= 0.6 is 0 Å². The summed E-state index contributed by atoms with van der Waals surface area (Å²) in [5, 5.41) is 6.50. The molecule has 2 aliphatic rings. The summed E-state index contributed by atoms with van der Waals surface area (Å²) < 4.78 is 0. The third-order valence-electron chi connectivity index (χ3n) is 4.91. The standard InChI is InChI=1S/C15H28N2O/c1-11(14-9-16-10-14)15(18)17-12(2)13-7-5-3-4-6-8-13/h11-14,16H,3-10H2,1-2H3,(H,17,18)/t11?,12-/m0/s1. The third kappa shape index (κ3) is 3.47. The molecule has 0 spiro atoms. The first-order chi connectivity index (χ1) is 8.68. The van der Waals surface area contributed by atoms with Crippen LogP contribution < -0.4 is 10.6 Å². The van der Waals surface area contributed by atoms with Crippen molar-refractivity contribution in [2.75, 3.05) is 13.1 Å². The summed E-state index contributed by atoms with van der Waals surface area (Å²) in [6.07, 6.45) is 8.02. The van der Waals surface area contributed by atoms with Gasteiger partial charge >= 0.3 is 0 Å². The Labute approximate surface area is 111 Å². The second-order valence-electron chi connectivity index (χ2n) is 6.26. The lowest BCUT2D eigenvalue weighted by atomic mass is 9.87. The summed E-state index contributed by atoms with van der Waals surface area (Å²) >= 11 is 0. The fourth-order valence-electron chi connectivity index (χ4n) is 3.16. The van der Waals surface area contributed by atoms with Crippen LogP contribution in [0.2, 0.25) is 0 Å². The summed E-state index contributed by atoms with van der Waals surface area (Å²) in [6.45, 7) is 6.28. The maximum absolute atomic E-state index is 12.2. The van der Waals surface area contributed by atoms with E-state index in [0.29, 0.717) is 17.9 Å². The van der Waals surface area contributed by atoms with E-state index in [9.17, 15) is 4.79 Å². The molecule has 104 valence electrons. The fourth-order valence-corrected chi connectivity index (χ4v) is 3.16. The SMILES string of the molecule is CC(C(=O)N[C@@H](C)C1CCCCCC1)C1CNC1. The smallest absolute Gasteiger partial charge is 0.223 e. The van der Waals surface area contributed by atoms with Crippen LogP contribution in [0.1, 0.15) is 52.4 Å². The maximum atomic E-state index is 12.2. The van der Waals surface area contributed by atoms with Gasteiger partial charge < -0.3 is 10.6 Å². The molecule has 0 radical (unpaired) electrons. The highest BCUT2D eigenvalue weighted by Crippen LogP contribution is 2.26. The first kappa shape index (κ1) is 13.9. The Morgan fingerprint density at radius 2 is 1.67 bits per heavy atom. The van der Waals surface area contributed by atoms with Gasteiger partial charge in [-0.3, -0.25) is 4.79 Å². The van der Waals surface area contributed by atoms with Gasteiger partial charge in [0.25, 0.3) is 0 Å². The topological polar surface area (TPSA) is 41.1 Å². The van der Waals surface area contributed by atoms with Gasteiger partial charge in [0, 0.05) is 12.0 Å². The van der Waals surface area contributed by atoms with Crippen LogP contribution in [0.5, 0.6) is 0 Å². The zero-order valence-corrected chi connectivity index (χ0v) is 11.9. The molecule has 0 bridgehead atoms. The van der Waals surface area contributed by atoms with E-state index in [1.807, 2.05) is 0 Å². The van der Waals surface area contributed by atoms with Gasteiger partial charge in [-0.25, -0.2) is 0 Å². The Kier molecular flexibility index (Phi) is 5.04. The molecule has 3 heteroatoms. The van der Waals surface area contributed by atoms with Gasteiger partial charge in [0.15, 0.2) is 0 Å². The number of rotatable bonds is 4. The van der Waals surface area contributed by atoms with Crippen LogP contribution in [0.4, 0.5) is 0 Å². The molecular formula is C15H28N2O. The molecule has 0 aromatic rings. The number of hydrogen-bond donors (Lipinski definition) is 2. The van der Waals surface area contributed by atoms with E-state index in [2.05, 4.69) is 24.5 Å². The average Bonchev–Trinajstić information content (AvgIpc) is 2.54. The molecule has 2 atom stereocenters. The summed E-state index contributed by atoms with van der Waals surface area (Å²) in [7, 11) is 0. The van der Waals surface area contributed by atoms with Crippen LogP contribution in [0, 0.1) is 17.8 Å². The number of carbonyl (C=O) groups is 1. The van der Waals surface area contributed by atoms with Crippen molar-refractivity contribution in [3.63, 3.8) is 0 Å². The van der Waals surface area contributed by atoms with Crippen molar-refractivity contribution in [1.82, 2.24) is 10.6 Å². The van der Waals surface area contributed by atoms with E-state index in [-0.39, 0.29) is 11.8 Å². The molecule has 18 heavy (non-hydrogen) atoms. The Bertz CT molecular complexity index is 268. The van der Waals surface area contributed by atoms with Gasteiger partial charge in [-0.2, -0.15) is 0 Å². The molecule has 1 saturated carbocycles. The molecule has 3 nitrogen and oxygen atoms in total. The van der Waals surface area contributed by atoms with Crippen molar-refractivity contribution in [1.29, 1.82) is 0 Å². The minimum absolute atomic E-state index is 0.166. The zero-order chi connectivity index (χ0) is 13.0. The molecule has 2 fully saturated rings. The predicted molar refractivity (Wildman–Crippen MR) is 74.3 cm³/mol. The monoisotopic (exact) mass is 252 g/mol. The number of carbonyl (C=O) groups excluding carboxylic acids is 1. The summed E-state index contributed by atoms with van der Waals surface area (Å²) in [4.78, 5) is 12.2. The van der Waals surface area contributed by atoms with Crippen molar-refractivity contribution in [3.05, 3.63) is 0 Å². The van der Waals surface area contributed by atoms with Crippen molar-refractivity contribution in [3.8, 4) is 0 Å². The molecular weight excluding hydrogens is 224 g/mol. The Hall–Kier alpha value is -0.570. The van der Waals surface area contributed by atoms with E-state index >= 15 is 0 Å². The molecule has 2 rings (SSSR count). The highest BCUT2D eigenvalue weighted by Gasteiger charge is 2.30. The van der Waals surface area contributed by atoms with Crippen LogP contribution in [-0.2, 0) is 4.79 Å². The minimum Gasteiger partial charge on any atom is -0.353 e. The zero-order valence-electron chi connectivity index (χ0n) is 11.9. The van der Waals surface area contributed by atoms with Crippen LogP contribution in [-0.4, -0.2) is 25.0 Å². The van der Waals surface area contributed by atoms with E-state index in [4.69, 9.17) is 0 Å². The first-order valence-corrected chi connectivity index (χ1v) is 7.69. The van der Waals surface area contributed by atoms with Crippen molar-refractivity contribution in [2.24, 2.45) is 17.8 Å². The minimum atomic E-state index is 0.166. The molecule has 1 saturated heterocycles. The lowest BCUT2D eigenvalue weighted by Gasteiger charge is -2.33. The van der Waals surface area contributed by atoms with E-state index in [0.717, 1.165) is 13.1 Å². The van der Waals surface area contributed by atoms with E-state index in [1.54, 1.807) is 0 Å². The number of nitrogens with one attached hydrogen (secondary N) is 2. The third-order valence-corrected chi connectivity index (χ3v) is 4.91. The normalized spacial score (nSPS) is 25.9. The summed E-state index contributed by atoms with van der Waals surface area (Å²) in [5.41, 5.74) is 0. The summed E-state index contributed by atoms with van der Waals surface area (Å²) in [6, 6.07) is 0.353. The van der Waals surface area contributed by atoms with Gasteiger partial charge in [-0.1, -0.05) is 32.6 Å². The summed E-state index contributed by atoms with van der Waals surface area (Å²) in [5.74, 6) is 1.67. The molecule has 0 aromatic carbocycles. The molecule has 1 aliphatic carbocycles. The highest BCUT2D eigenvalue weighted by molar-refractivity contribution is 5.79. The predicted octanol–water partition coefficient (Wildman–Crippen LogP) is 2.32. The molecule has 2 N–H and O–H groups in total. The Morgan fingerprint density at radius 3 is 2.17 bits per heavy atom. The molecule has 1 unspecified atom stereocenters. The van der Waals surface area contributed by atoms with E-state index in [1.165, 1.54) is 38.5 Å². The van der Waals surface area contributed by atoms with Gasteiger partial charge in [-0.05, 0) is 44.7 Å². The highest BCUT2D eigenvalue weighted by atomic mass is 16.1. The fraction of sp³-hybridized carbons (Fsp3) is 0.933. The van der Waals surface area contributed by atoms with Gasteiger partial charge in [0.1, 0.15) is 0 Å². The first-order valence-electron chi connectivity index (χ1n) is 7.69. The van der Waals surface area contributed by atoms with Gasteiger partial charge in [0.05, 0.1) is 0 Å². The molecule has 1 heterocycles. The van der Waals surface area contributed by atoms with Crippen LogP contribution in [0.15, 0.2) is 0 Å². The lowest BCUT2D eigenvalue weighted by molar-refractivity contribution is -0.127. The van der Waals surface area contributed by atoms with Gasteiger partial charge in [0.2, 0.25) is 5.91 Å². The van der Waals surface area contributed by atoms with E-state index < -0.39 is 0 Å². The van der Waals surface area contributed by atoms with Crippen LogP contribution in [0.3, 0.4) is 0 Å². The second kappa shape index (κ2) is 6.55. The van der Waals surface area contributed by atoms with Crippen molar-refractivity contribution >= 4 is 5.91 Å². The van der Waals surface area contributed by atoms with Crippen molar-refractivity contribution in [2.45, 2.75) is 58.4 Å². The van der Waals surface area contributed by atoms with Crippen LogP contribution in [0.25, 0.3) is 0 Å².